The van der Waals surface area contributed by atoms with Crippen molar-refractivity contribution >= 4 is 11.9 Å². The van der Waals surface area contributed by atoms with E-state index in [0.29, 0.717) is 31.5 Å². The maximum absolute atomic E-state index is 12.7. The lowest BCUT2D eigenvalue weighted by Crippen LogP contribution is -2.40. The smallest absolute Gasteiger partial charge is 0.306 e. The standard InChI is InChI=1S/C18H21N3O3/c1-12-4-3-5-15(10-12)21-13(2)16(11-19-21)17(22)20-8-6-14(7-9-20)18(23)24/h3-5,10-11,14H,6-9H2,1-2H3,(H,23,24). The molecule has 1 N–H and O–H groups in total. The van der Waals surface area contributed by atoms with Gasteiger partial charge in [0.2, 0.25) is 0 Å². The number of nitrogens with zero attached hydrogens (tertiary/aromatic N) is 3. The van der Waals surface area contributed by atoms with E-state index in [0.717, 1.165) is 16.9 Å². The van der Waals surface area contributed by atoms with Gasteiger partial charge in [-0.25, -0.2) is 4.68 Å². The molecule has 1 aliphatic heterocycles. The van der Waals surface area contributed by atoms with Crippen molar-refractivity contribution in [1.82, 2.24) is 14.7 Å². The van der Waals surface area contributed by atoms with E-state index < -0.39 is 5.97 Å². The van der Waals surface area contributed by atoms with Crippen molar-refractivity contribution in [1.29, 1.82) is 0 Å². The molecular formula is C18H21N3O3. The van der Waals surface area contributed by atoms with Crippen LogP contribution in [-0.2, 0) is 4.79 Å². The fourth-order valence-electron chi connectivity index (χ4n) is 3.14. The van der Waals surface area contributed by atoms with Gasteiger partial charge in [-0.3, -0.25) is 9.59 Å². The molecule has 1 fully saturated rings. The van der Waals surface area contributed by atoms with Crippen molar-refractivity contribution in [3.8, 4) is 5.69 Å². The number of piperidine rings is 1. The number of hydrogen-bond donors (Lipinski definition) is 1. The van der Waals surface area contributed by atoms with Gasteiger partial charge in [0.05, 0.1) is 29.1 Å². The second-order valence-electron chi connectivity index (χ2n) is 6.30. The third-order valence-corrected chi connectivity index (χ3v) is 4.62. The van der Waals surface area contributed by atoms with Crippen LogP contribution >= 0.6 is 0 Å². The van der Waals surface area contributed by atoms with E-state index in [1.165, 1.54) is 0 Å². The molecular weight excluding hydrogens is 306 g/mol. The number of aliphatic carboxylic acids is 1. The number of carbonyl (C=O) groups excluding carboxylic acids is 1. The molecule has 1 aliphatic rings. The summed E-state index contributed by atoms with van der Waals surface area (Å²) >= 11 is 0. The molecule has 6 nitrogen and oxygen atoms in total. The van der Waals surface area contributed by atoms with Gasteiger partial charge in [0.25, 0.3) is 5.91 Å². The largest absolute Gasteiger partial charge is 0.481 e. The molecule has 2 heterocycles. The summed E-state index contributed by atoms with van der Waals surface area (Å²) in [6.45, 7) is 4.85. The molecule has 6 heteroatoms. The van der Waals surface area contributed by atoms with Crippen LogP contribution in [0.4, 0.5) is 0 Å². The highest BCUT2D eigenvalue weighted by Gasteiger charge is 2.29. The summed E-state index contributed by atoms with van der Waals surface area (Å²) in [5.74, 6) is -1.19. The fourth-order valence-corrected chi connectivity index (χ4v) is 3.14. The molecule has 0 aliphatic carbocycles. The Morgan fingerprint density at radius 1 is 1.21 bits per heavy atom. The number of hydrogen-bond acceptors (Lipinski definition) is 3. The second-order valence-corrected chi connectivity index (χ2v) is 6.30. The molecule has 3 rings (SSSR count). The van der Waals surface area contributed by atoms with Crippen LogP contribution in [0.25, 0.3) is 5.69 Å². The number of carboxylic acid groups (broad SMARTS) is 1. The number of benzene rings is 1. The van der Waals surface area contributed by atoms with E-state index in [-0.39, 0.29) is 11.8 Å². The summed E-state index contributed by atoms with van der Waals surface area (Å²) in [5, 5.41) is 13.4. The first-order valence-electron chi connectivity index (χ1n) is 8.11. The van der Waals surface area contributed by atoms with Crippen LogP contribution in [-0.4, -0.2) is 44.8 Å². The molecule has 1 saturated heterocycles. The molecule has 1 aromatic carbocycles. The van der Waals surface area contributed by atoms with Crippen molar-refractivity contribution in [3.63, 3.8) is 0 Å². The number of rotatable bonds is 3. The molecule has 0 spiro atoms. The van der Waals surface area contributed by atoms with E-state index >= 15 is 0 Å². The molecule has 2 aromatic rings. The van der Waals surface area contributed by atoms with E-state index in [2.05, 4.69) is 5.10 Å². The molecule has 1 aromatic heterocycles. The predicted octanol–water partition coefficient (Wildman–Crippen LogP) is 2.43. The van der Waals surface area contributed by atoms with E-state index in [4.69, 9.17) is 5.11 Å². The Hall–Kier alpha value is -2.63. The third kappa shape index (κ3) is 3.04. The first kappa shape index (κ1) is 16.2. The summed E-state index contributed by atoms with van der Waals surface area (Å²) < 4.78 is 1.77. The lowest BCUT2D eigenvalue weighted by molar-refractivity contribution is -0.143. The SMILES string of the molecule is Cc1cccc(-n2ncc(C(=O)N3CCC(C(=O)O)CC3)c2C)c1. The Kier molecular flexibility index (Phi) is 4.38. The van der Waals surface area contributed by atoms with Gasteiger partial charge in [-0.2, -0.15) is 5.10 Å². The predicted molar refractivity (Wildman–Crippen MR) is 89.3 cm³/mol. The van der Waals surface area contributed by atoms with Crippen LogP contribution in [0.15, 0.2) is 30.5 Å². The number of amides is 1. The van der Waals surface area contributed by atoms with Crippen molar-refractivity contribution in [2.24, 2.45) is 5.92 Å². The quantitative estimate of drug-likeness (QED) is 0.939. The minimum absolute atomic E-state index is 0.0739. The van der Waals surface area contributed by atoms with Crippen LogP contribution in [0.2, 0.25) is 0 Å². The van der Waals surface area contributed by atoms with Crippen molar-refractivity contribution in [2.75, 3.05) is 13.1 Å². The van der Waals surface area contributed by atoms with Gasteiger partial charge in [-0.15, -0.1) is 0 Å². The van der Waals surface area contributed by atoms with E-state index in [9.17, 15) is 9.59 Å². The van der Waals surface area contributed by atoms with Crippen molar-refractivity contribution in [3.05, 3.63) is 47.3 Å². The van der Waals surface area contributed by atoms with Crippen LogP contribution in [0.3, 0.4) is 0 Å². The lowest BCUT2D eigenvalue weighted by Gasteiger charge is -2.30. The maximum Gasteiger partial charge on any atom is 0.306 e. The fraction of sp³-hybridized carbons (Fsp3) is 0.389. The zero-order valence-electron chi connectivity index (χ0n) is 13.9. The number of carboxylic acids is 1. The van der Waals surface area contributed by atoms with Crippen molar-refractivity contribution in [2.45, 2.75) is 26.7 Å². The molecule has 126 valence electrons. The summed E-state index contributed by atoms with van der Waals surface area (Å²) in [4.78, 5) is 25.5. The number of likely N-dealkylation sites (tertiary alicyclic amines) is 1. The summed E-state index contributed by atoms with van der Waals surface area (Å²) in [6, 6.07) is 7.96. The van der Waals surface area contributed by atoms with Gasteiger partial charge >= 0.3 is 5.97 Å². The minimum Gasteiger partial charge on any atom is -0.481 e. The first-order chi connectivity index (χ1) is 11.5. The monoisotopic (exact) mass is 327 g/mol. The highest BCUT2D eigenvalue weighted by Crippen LogP contribution is 2.21. The normalized spacial score (nSPS) is 15.5. The third-order valence-electron chi connectivity index (χ3n) is 4.62. The number of carbonyl (C=O) groups is 2. The molecule has 0 unspecified atom stereocenters. The van der Waals surface area contributed by atoms with Gasteiger partial charge in [0, 0.05) is 13.1 Å². The van der Waals surface area contributed by atoms with Gasteiger partial charge in [-0.1, -0.05) is 12.1 Å². The Morgan fingerprint density at radius 2 is 1.92 bits per heavy atom. The minimum atomic E-state index is -0.773. The van der Waals surface area contributed by atoms with Crippen LogP contribution < -0.4 is 0 Å². The summed E-state index contributed by atoms with van der Waals surface area (Å²) in [6.07, 6.45) is 2.61. The molecule has 0 bridgehead atoms. The van der Waals surface area contributed by atoms with Crippen LogP contribution in [0.1, 0.15) is 34.5 Å². The molecule has 0 radical (unpaired) electrons. The van der Waals surface area contributed by atoms with E-state index in [1.807, 2.05) is 38.1 Å². The Morgan fingerprint density at radius 3 is 2.54 bits per heavy atom. The Balaban J connectivity index is 1.79. The molecule has 24 heavy (non-hydrogen) atoms. The maximum atomic E-state index is 12.7. The van der Waals surface area contributed by atoms with Gasteiger partial charge < -0.3 is 10.0 Å². The molecule has 1 amide bonds. The van der Waals surface area contributed by atoms with Gasteiger partial charge in [-0.05, 0) is 44.4 Å². The number of aryl methyl sites for hydroxylation is 1. The topological polar surface area (TPSA) is 75.4 Å². The second kappa shape index (κ2) is 6.47. The van der Waals surface area contributed by atoms with Crippen LogP contribution in [0.5, 0.6) is 0 Å². The van der Waals surface area contributed by atoms with E-state index in [1.54, 1.807) is 15.8 Å². The zero-order valence-corrected chi connectivity index (χ0v) is 13.9. The van der Waals surface area contributed by atoms with Crippen LogP contribution in [0, 0.1) is 19.8 Å². The highest BCUT2D eigenvalue weighted by molar-refractivity contribution is 5.95. The average molecular weight is 327 g/mol. The number of aromatic nitrogens is 2. The highest BCUT2D eigenvalue weighted by atomic mass is 16.4. The van der Waals surface area contributed by atoms with Gasteiger partial charge in [0.1, 0.15) is 0 Å². The Labute approximate surface area is 140 Å². The zero-order chi connectivity index (χ0) is 17.3. The lowest BCUT2D eigenvalue weighted by atomic mass is 9.96. The molecule has 0 atom stereocenters. The Bertz CT molecular complexity index is 774. The summed E-state index contributed by atoms with van der Waals surface area (Å²) in [5.41, 5.74) is 3.43. The average Bonchev–Trinajstić information content (AvgIpc) is 2.96. The summed E-state index contributed by atoms with van der Waals surface area (Å²) in [7, 11) is 0. The van der Waals surface area contributed by atoms with Crippen molar-refractivity contribution < 1.29 is 14.7 Å². The molecule has 0 saturated carbocycles. The van der Waals surface area contributed by atoms with Gasteiger partial charge in [0.15, 0.2) is 0 Å². The first-order valence-corrected chi connectivity index (χ1v) is 8.11.